The molecule has 0 fully saturated rings. The molecule has 7 heteroatoms. The molecule has 0 aromatic carbocycles. The highest BCUT2D eigenvalue weighted by Gasteiger charge is 2.19. The summed E-state index contributed by atoms with van der Waals surface area (Å²) in [6, 6.07) is 3.41. The SMILES string of the molecule is CCN(CC)CCNC(=O)c1c(O)nc2ccc(C)cn2c1=O. The average Bonchev–Trinajstić information content (AvgIpc) is 2.52. The van der Waals surface area contributed by atoms with Gasteiger partial charge in [-0.15, -0.1) is 0 Å². The van der Waals surface area contributed by atoms with Crippen molar-refractivity contribution < 1.29 is 9.90 Å². The molecule has 0 unspecified atom stereocenters. The minimum Gasteiger partial charge on any atom is -0.493 e. The molecule has 0 saturated carbocycles. The topological polar surface area (TPSA) is 86.9 Å². The van der Waals surface area contributed by atoms with E-state index in [-0.39, 0.29) is 5.56 Å². The van der Waals surface area contributed by atoms with Crippen molar-refractivity contribution in [3.05, 3.63) is 39.8 Å². The zero-order valence-corrected chi connectivity index (χ0v) is 13.7. The van der Waals surface area contributed by atoms with E-state index in [0.29, 0.717) is 18.7 Å². The van der Waals surface area contributed by atoms with Gasteiger partial charge in [0.1, 0.15) is 5.65 Å². The van der Waals surface area contributed by atoms with Gasteiger partial charge in [0.15, 0.2) is 5.56 Å². The molecule has 2 N–H and O–H groups in total. The van der Waals surface area contributed by atoms with Crippen molar-refractivity contribution in [1.29, 1.82) is 0 Å². The number of carbonyl (C=O) groups is 1. The first-order valence-electron chi connectivity index (χ1n) is 7.70. The number of hydrogen-bond acceptors (Lipinski definition) is 5. The first kappa shape index (κ1) is 17.0. The third kappa shape index (κ3) is 3.68. The summed E-state index contributed by atoms with van der Waals surface area (Å²) in [5.74, 6) is -1.15. The van der Waals surface area contributed by atoms with E-state index >= 15 is 0 Å². The zero-order chi connectivity index (χ0) is 17.0. The molecule has 7 nitrogen and oxygen atoms in total. The number of rotatable bonds is 6. The summed E-state index contributed by atoms with van der Waals surface area (Å²) in [4.78, 5) is 30.7. The second-order valence-corrected chi connectivity index (χ2v) is 5.33. The first-order valence-corrected chi connectivity index (χ1v) is 7.70. The Hall–Kier alpha value is -2.41. The highest BCUT2D eigenvalue weighted by molar-refractivity contribution is 5.96. The molecule has 0 atom stereocenters. The smallest absolute Gasteiger partial charge is 0.274 e. The number of aryl methyl sites for hydroxylation is 1. The largest absolute Gasteiger partial charge is 0.493 e. The molecule has 2 aromatic heterocycles. The summed E-state index contributed by atoms with van der Waals surface area (Å²) in [6.45, 7) is 8.77. The second kappa shape index (κ2) is 7.23. The fraction of sp³-hybridized carbons (Fsp3) is 0.438. The molecule has 2 rings (SSSR count). The molecule has 124 valence electrons. The molecule has 0 bridgehead atoms. The summed E-state index contributed by atoms with van der Waals surface area (Å²) < 4.78 is 1.27. The van der Waals surface area contributed by atoms with Crippen LogP contribution in [0.4, 0.5) is 0 Å². The predicted molar refractivity (Wildman–Crippen MR) is 88.0 cm³/mol. The van der Waals surface area contributed by atoms with Gasteiger partial charge in [0.25, 0.3) is 11.5 Å². The van der Waals surface area contributed by atoms with E-state index in [1.54, 1.807) is 18.3 Å². The summed E-state index contributed by atoms with van der Waals surface area (Å²) in [7, 11) is 0. The van der Waals surface area contributed by atoms with Crippen LogP contribution in [-0.2, 0) is 0 Å². The molecule has 0 aliphatic carbocycles. The molecule has 23 heavy (non-hydrogen) atoms. The first-order chi connectivity index (χ1) is 11.0. The van der Waals surface area contributed by atoms with Crippen molar-refractivity contribution >= 4 is 11.6 Å². The number of carbonyl (C=O) groups excluding carboxylic acids is 1. The lowest BCUT2D eigenvalue weighted by atomic mass is 10.2. The number of aromatic nitrogens is 2. The maximum Gasteiger partial charge on any atom is 0.274 e. The van der Waals surface area contributed by atoms with Crippen LogP contribution < -0.4 is 10.9 Å². The predicted octanol–water partition coefficient (Wildman–Crippen LogP) is 0.780. The zero-order valence-electron chi connectivity index (χ0n) is 13.7. The molecular weight excluding hydrogens is 296 g/mol. The molecule has 0 aliphatic heterocycles. The number of likely N-dealkylation sites (N-methyl/N-ethyl adjacent to an activating group) is 1. The average molecular weight is 318 g/mol. The summed E-state index contributed by atoms with van der Waals surface area (Å²) in [5.41, 5.74) is 0.266. The Kier molecular flexibility index (Phi) is 5.33. The number of hydrogen-bond donors (Lipinski definition) is 2. The van der Waals surface area contributed by atoms with E-state index in [1.165, 1.54) is 4.40 Å². The number of fused-ring (bicyclic) bond motifs is 1. The molecule has 1 amide bonds. The molecule has 2 aromatic rings. The van der Waals surface area contributed by atoms with E-state index in [9.17, 15) is 14.7 Å². The highest BCUT2D eigenvalue weighted by atomic mass is 16.3. The molecule has 0 aliphatic rings. The van der Waals surface area contributed by atoms with Gasteiger partial charge in [-0.25, -0.2) is 0 Å². The Morgan fingerprint density at radius 2 is 2.04 bits per heavy atom. The van der Waals surface area contributed by atoms with Gasteiger partial charge >= 0.3 is 0 Å². The third-order valence-electron chi connectivity index (χ3n) is 3.79. The summed E-state index contributed by atoms with van der Waals surface area (Å²) in [6.07, 6.45) is 1.59. The summed E-state index contributed by atoms with van der Waals surface area (Å²) >= 11 is 0. The van der Waals surface area contributed by atoms with Gasteiger partial charge < -0.3 is 15.3 Å². The van der Waals surface area contributed by atoms with Crippen LogP contribution in [-0.4, -0.2) is 51.5 Å². The van der Waals surface area contributed by atoms with Crippen LogP contribution in [0.5, 0.6) is 5.88 Å². The van der Waals surface area contributed by atoms with Gasteiger partial charge in [0.2, 0.25) is 5.88 Å². The van der Waals surface area contributed by atoms with Crippen LogP contribution in [0.2, 0.25) is 0 Å². The monoisotopic (exact) mass is 318 g/mol. The lowest BCUT2D eigenvalue weighted by Gasteiger charge is -2.18. The number of pyridine rings is 1. The standard InChI is InChI=1S/C16H22N4O3/c1-4-19(5-2)9-8-17-14(21)13-15(22)18-12-7-6-11(3)10-20(12)16(13)23/h6-7,10,22H,4-5,8-9H2,1-3H3,(H,17,21). The van der Waals surface area contributed by atoms with Crippen molar-refractivity contribution in [2.75, 3.05) is 26.2 Å². The number of amides is 1. The van der Waals surface area contributed by atoms with Crippen LogP contribution in [0.3, 0.4) is 0 Å². The molecule has 0 spiro atoms. The van der Waals surface area contributed by atoms with Gasteiger partial charge in [-0.2, -0.15) is 4.98 Å². The van der Waals surface area contributed by atoms with E-state index in [4.69, 9.17) is 0 Å². The fourth-order valence-corrected chi connectivity index (χ4v) is 2.39. The van der Waals surface area contributed by atoms with Crippen molar-refractivity contribution in [2.24, 2.45) is 0 Å². The minimum atomic E-state index is -0.608. The normalized spacial score (nSPS) is 11.1. The maximum atomic E-state index is 12.4. The van der Waals surface area contributed by atoms with Crippen molar-refractivity contribution in [3.8, 4) is 5.88 Å². The Bertz CT molecular complexity index is 766. The van der Waals surface area contributed by atoms with Crippen LogP contribution in [0.15, 0.2) is 23.1 Å². The van der Waals surface area contributed by atoms with Crippen molar-refractivity contribution in [3.63, 3.8) is 0 Å². The van der Waals surface area contributed by atoms with E-state index in [2.05, 4.69) is 15.2 Å². The van der Waals surface area contributed by atoms with Crippen LogP contribution >= 0.6 is 0 Å². The number of aromatic hydroxyl groups is 1. The van der Waals surface area contributed by atoms with E-state index < -0.39 is 17.3 Å². The Morgan fingerprint density at radius 3 is 2.70 bits per heavy atom. The van der Waals surface area contributed by atoms with Crippen LogP contribution in [0, 0.1) is 6.92 Å². The fourth-order valence-electron chi connectivity index (χ4n) is 2.39. The minimum absolute atomic E-state index is 0.304. The number of nitrogens with one attached hydrogen (secondary N) is 1. The number of nitrogens with zero attached hydrogens (tertiary/aromatic N) is 3. The van der Waals surface area contributed by atoms with Crippen LogP contribution in [0.25, 0.3) is 5.65 Å². The lowest BCUT2D eigenvalue weighted by Crippen LogP contribution is -2.37. The Labute approximate surface area is 134 Å². The van der Waals surface area contributed by atoms with Crippen LogP contribution in [0.1, 0.15) is 29.8 Å². The molecule has 0 radical (unpaired) electrons. The molecular formula is C16H22N4O3. The quantitative estimate of drug-likeness (QED) is 0.822. The van der Waals surface area contributed by atoms with Gasteiger partial charge in [0, 0.05) is 19.3 Å². The lowest BCUT2D eigenvalue weighted by molar-refractivity contribution is 0.0943. The van der Waals surface area contributed by atoms with Crippen molar-refractivity contribution in [1.82, 2.24) is 19.6 Å². The summed E-state index contributed by atoms with van der Waals surface area (Å²) in [5, 5.41) is 12.6. The Balaban J connectivity index is 2.25. The second-order valence-electron chi connectivity index (χ2n) is 5.33. The Morgan fingerprint density at radius 1 is 1.35 bits per heavy atom. The highest BCUT2D eigenvalue weighted by Crippen LogP contribution is 2.11. The molecule has 2 heterocycles. The van der Waals surface area contributed by atoms with Gasteiger partial charge in [-0.05, 0) is 31.6 Å². The van der Waals surface area contributed by atoms with Gasteiger partial charge in [-0.3, -0.25) is 14.0 Å². The van der Waals surface area contributed by atoms with E-state index in [1.807, 2.05) is 20.8 Å². The van der Waals surface area contributed by atoms with E-state index in [0.717, 1.165) is 18.7 Å². The molecule has 0 saturated heterocycles. The third-order valence-corrected chi connectivity index (χ3v) is 3.79. The maximum absolute atomic E-state index is 12.4. The van der Waals surface area contributed by atoms with Gasteiger partial charge in [0.05, 0.1) is 0 Å². The van der Waals surface area contributed by atoms with Gasteiger partial charge in [-0.1, -0.05) is 19.9 Å². The van der Waals surface area contributed by atoms with Crippen molar-refractivity contribution in [2.45, 2.75) is 20.8 Å².